The molecular weight excluding hydrogens is 180 g/mol. The Morgan fingerprint density at radius 1 is 1.50 bits per heavy atom. The van der Waals surface area contributed by atoms with Crippen molar-refractivity contribution >= 4 is 0 Å². The second kappa shape index (κ2) is 3.59. The molecule has 3 heteroatoms. The molecule has 3 nitrogen and oxygen atoms in total. The molecule has 1 aliphatic heterocycles. The van der Waals surface area contributed by atoms with Gasteiger partial charge in [0, 0.05) is 12.0 Å². The van der Waals surface area contributed by atoms with Crippen LogP contribution >= 0.6 is 0 Å². The van der Waals surface area contributed by atoms with Gasteiger partial charge in [-0.05, 0) is 19.1 Å². The van der Waals surface area contributed by atoms with Crippen molar-refractivity contribution in [3.8, 4) is 5.75 Å². The van der Waals surface area contributed by atoms with Crippen molar-refractivity contribution in [3.05, 3.63) is 29.3 Å². The lowest BCUT2D eigenvalue weighted by atomic mass is 9.98. The number of aliphatic hydroxyl groups excluding tert-OH is 2. The summed E-state index contributed by atoms with van der Waals surface area (Å²) in [7, 11) is 0. The van der Waals surface area contributed by atoms with Gasteiger partial charge in [0.2, 0.25) is 0 Å². The van der Waals surface area contributed by atoms with Crippen LogP contribution in [0.5, 0.6) is 5.75 Å². The van der Waals surface area contributed by atoms with E-state index in [1.807, 2.05) is 25.1 Å². The third-order valence-corrected chi connectivity index (χ3v) is 2.51. The van der Waals surface area contributed by atoms with Crippen LogP contribution in [-0.4, -0.2) is 22.9 Å². The molecule has 1 unspecified atom stereocenters. The van der Waals surface area contributed by atoms with Crippen molar-refractivity contribution in [1.82, 2.24) is 0 Å². The van der Waals surface area contributed by atoms with Crippen LogP contribution in [-0.2, 0) is 0 Å². The molecule has 2 N–H and O–H groups in total. The summed E-state index contributed by atoms with van der Waals surface area (Å²) in [6.45, 7) is 1.93. The molecule has 0 aliphatic carbocycles. The highest BCUT2D eigenvalue weighted by atomic mass is 16.5. The minimum Gasteiger partial charge on any atom is -0.488 e. The summed E-state index contributed by atoms with van der Waals surface area (Å²) in [6, 6.07) is 5.70. The lowest BCUT2D eigenvalue weighted by Crippen LogP contribution is -2.28. The maximum absolute atomic E-state index is 9.80. The van der Waals surface area contributed by atoms with Crippen LogP contribution < -0.4 is 4.74 Å². The van der Waals surface area contributed by atoms with E-state index in [4.69, 9.17) is 9.84 Å². The summed E-state index contributed by atoms with van der Waals surface area (Å²) < 4.78 is 5.50. The maximum atomic E-state index is 9.80. The fourth-order valence-electron chi connectivity index (χ4n) is 1.75. The number of ether oxygens (including phenoxy) is 1. The Kier molecular flexibility index (Phi) is 2.44. The van der Waals surface area contributed by atoms with E-state index < -0.39 is 6.10 Å². The van der Waals surface area contributed by atoms with Crippen molar-refractivity contribution in [3.63, 3.8) is 0 Å². The second-order valence-corrected chi connectivity index (χ2v) is 3.72. The zero-order chi connectivity index (χ0) is 10.1. The standard InChI is InChI=1S/C11H14O3/c1-7-2-3-11-9(4-7)10(13)5-8(6-12)14-11/h2-4,8,10,12-13H,5-6H2,1H3/t8?,10-/m1/s1. The predicted octanol–water partition coefficient (Wildman–Crippen LogP) is 1.17. The van der Waals surface area contributed by atoms with Gasteiger partial charge in [0.05, 0.1) is 12.7 Å². The molecule has 0 bridgehead atoms. The summed E-state index contributed by atoms with van der Waals surface area (Å²) in [5, 5.41) is 18.7. The van der Waals surface area contributed by atoms with Crippen molar-refractivity contribution < 1.29 is 14.9 Å². The van der Waals surface area contributed by atoms with E-state index in [-0.39, 0.29) is 12.7 Å². The van der Waals surface area contributed by atoms with Crippen LogP contribution in [0.15, 0.2) is 18.2 Å². The molecule has 2 atom stereocenters. The normalized spacial score (nSPS) is 25.4. The Labute approximate surface area is 83.0 Å². The van der Waals surface area contributed by atoms with Gasteiger partial charge in [-0.25, -0.2) is 0 Å². The Hall–Kier alpha value is -1.06. The summed E-state index contributed by atoms with van der Waals surface area (Å²) in [5.74, 6) is 0.688. The topological polar surface area (TPSA) is 49.7 Å². The van der Waals surface area contributed by atoms with Crippen molar-refractivity contribution in [2.24, 2.45) is 0 Å². The number of aliphatic hydroxyl groups is 2. The fraction of sp³-hybridized carbons (Fsp3) is 0.455. The van der Waals surface area contributed by atoms with Crippen LogP contribution in [0.3, 0.4) is 0 Å². The summed E-state index contributed by atoms with van der Waals surface area (Å²) in [5.41, 5.74) is 1.93. The van der Waals surface area contributed by atoms with E-state index in [2.05, 4.69) is 0 Å². The predicted molar refractivity (Wildman–Crippen MR) is 52.3 cm³/mol. The third kappa shape index (κ3) is 1.61. The SMILES string of the molecule is Cc1ccc2c(c1)[C@H](O)CC(CO)O2. The van der Waals surface area contributed by atoms with E-state index in [0.29, 0.717) is 12.2 Å². The van der Waals surface area contributed by atoms with E-state index >= 15 is 0 Å². The van der Waals surface area contributed by atoms with E-state index in [0.717, 1.165) is 11.1 Å². The van der Waals surface area contributed by atoms with Gasteiger partial charge in [-0.3, -0.25) is 0 Å². The molecule has 0 saturated heterocycles. The highest BCUT2D eigenvalue weighted by molar-refractivity contribution is 5.40. The van der Waals surface area contributed by atoms with Gasteiger partial charge < -0.3 is 14.9 Å². The number of hydrogen-bond donors (Lipinski definition) is 2. The molecule has 0 fully saturated rings. The highest BCUT2D eigenvalue weighted by Gasteiger charge is 2.26. The molecule has 1 aromatic carbocycles. The second-order valence-electron chi connectivity index (χ2n) is 3.72. The van der Waals surface area contributed by atoms with Gasteiger partial charge in [-0.2, -0.15) is 0 Å². The molecule has 0 spiro atoms. The van der Waals surface area contributed by atoms with Gasteiger partial charge in [-0.15, -0.1) is 0 Å². The third-order valence-electron chi connectivity index (χ3n) is 2.51. The minimum atomic E-state index is -0.518. The van der Waals surface area contributed by atoms with Crippen LogP contribution in [0.1, 0.15) is 23.7 Å². The summed E-state index contributed by atoms with van der Waals surface area (Å²) in [4.78, 5) is 0. The molecule has 0 saturated carbocycles. The molecule has 0 radical (unpaired) electrons. The smallest absolute Gasteiger partial charge is 0.125 e. The highest BCUT2D eigenvalue weighted by Crippen LogP contribution is 2.34. The van der Waals surface area contributed by atoms with Gasteiger partial charge in [0.25, 0.3) is 0 Å². The first-order chi connectivity index (χ1) is 6.70. The van der Waals surface area contributed by atoms with Gasteiger partial charge in [0.15, 0.2) is 0 Å². The van der Waals surface area contributed by atoms with Crippen LogP contribution in [0.2, 0.25) is 0 Å². The Bertz CT molecular complexity index is 335. The van der Waals surface area contributed by atoms with Crippen LogP contribution in [0, 0.1) is 6.92 Å². The van der Waals surface area contributed by atoms with Crippen LogP contribution in [0.25, 0.3) is 0 Å². The number of benzene rings is 1. The van der Waals surface area contributed by atoms with Gasteiger partial charge in [-0.1, -0.05) is 11.6 Å². The average molecular weight is 194 g/mol. The first kappa shape index (κ1) is 9.49. The first-order valence-corrected chi connectivity index (χ1v) is 4.77. The molecule has 0 aromatic heterocycles. The molecular formula is C11H14O3. The van der Waals surface area contributed by atoms with Crippen molar-refractivity contribution in [1.29, 1.82) is 0 Å². The molecule has 14 heavy (non-hydrogen) atoms. The quantitative estimate of drug-likeness (QED) is 0.705. The molecule has 1 aliphatic rings. The molecule has 1 heterocycles. The zero-order valence-corrected chi connectivity index (χ0v) is 8.10. The summed E-state index contributed by atoms with van der Waals surface area (Å²) >= 11 is 0. The van der Waals surface area contributed by atoms with Gasteiger partial charge >= 0.3 is 0 Å². The zero-order valence-electron chi connectivity index (χ0n) is 8.10. The number of rotatable bonds is 1. The Morgan fingerprint density at radius 3 is 3.00 bits per heavy atom. The van der Waals surface area contributed by atoms with E-state index in [1.54, 1.807) is 0 Å². The maximum Gasteiger partial charge on any atom is 0.125 e. The molecule has 2 rings (SSSR count). The minimum absolute atomic E-state index is 0.0512. The lowest BCUT2D eigenvalue weighted by molar-refractivity contribution is 0.0332. The lowest BCUT2D eigenvalue weighted by Gasteiger charge is -2.28. The van der Waals surface area contributed by atoms with Gasteiger partial charge in [0.1, 0.15) is 11.9 Å². The van der Waals surface area contributed by atoms with E-state index in [9.17, 15) is 5.11 Å². The monoisotopic (exact) mass is 194 g/mol. The number of fused-ring (bicyclic) bond motifs is 1. The Balaban J connectivity index is 2.35. The van der Waals surface area contributed by atoms with Crippen LogP contribution in [0.4, 0.5) is 0 Å². The molecule has 76 valence electrons. The van der Waals surface area contributed by atoms with Crippen molar-refractivity contribution in [2.45, 2.75) is 25.6 Å². The average Bonchev–Trinajstić information content (AvgIpc) is 2.19. The Morgan fingerprint density at radius 2 is 2.29 bits per heavy atom. The number of hydrogen-bond acceptors (Lipinski definition) is 3. The fourth-order valence-corrected chi connectivity index (χ4v) is 1.75. The molecule has 0 amide bonds. The number of aryl methyl sites for hydroxylation is 1. The van der Waals surface area contributed by atoms with E-state index in [1.165, 1.54) is 0 Å². The van der Waals surface area contributed by atoms with Crippen molar-refractivity contribution in [2.75, 3.05) is 6.61 Å². The largest absolute Gasteiger partial charge is 0.488 e. The summed E-state index contributed by atoms with van der Waals surface area (Å²) in [6.07, 6.45) is -0.330. The first-order valence-electron chi connectivity index (χ1n) is 4.77. The molecule has 1 aromatic rings.